The third-order valence-electron chi connectivity index (χ3n) is 5.00. The lowest BCUT2D eigenvalue weighted by molar-refractivity contribution is -0.129. The van der Waals surface area contributed by atoms with Crippen LogP contribution in [0.25, 0.3) is 0 Å². The molecular formula is C19H26N4O2S2. The van der Waals surface area contributed by atoms with Crippen molar-refractivity contribution in [3.8, 4) is 5.75 Å². The van der Waals surface area contributed by atoms with Crippen molar-refractivity contribution in [2.45, 2.75) is 43.0 Å². The Labute approximate surface area is 168 Å². The van der Waals surface area contributed by atoms with Crippen LogP contribution in [0.4, 0.5) is 10.8 Å². The van der Waals surface area contributed by atoms with Crippen LogP contribution in [-0.2, 0) is 4.79 Å². The Morgan fingerprint density at radius 3 is 2.78 bits per heavy atom. The van der Waals surface area contributed by atoms with E-state index in [1.165, 1.54) is 35.9 Å². The number of hydrogen-bond donors (Lipinski definition) is 1. The Bertz CT molecular complexity index is 760. The van der Waals surface area contributed by atoms with Crippen molar-refractivity contribution in [2.24, 2.45) is 5.92 Å². The minimum atomic E-state index is 0.161. The highest BCUT2D eigenvalue weighted by Crippen LogP contribution is 2.32. The summed E-state index contributed by atoms with van der Waals surface area (Å²) in [4.78, 5) is 14.4. The number of thioether (sulfide) groups is 1. The molecule has 0 bridgehead atoms. The molecule has 0 aliphatic heterocycles. The maximum Gasteiger partial charge on any atom is 0.233 e. The van der Waals surface area contributed by atoms with Gasteiger partial charge >= 0.3 is 0 Å². The Morgan fingerprint density at radius 2 is 2.04 bits per heavy atom. The van der Waals surface area contributed by atoms with Gasteiger partial charge in [0.15, 0.2) is 4.34 Å². The second kappa shape index (κ2) is 9.41. The lowest BCUT2D eigenvalue weighted by Crippen LogP contribution is -2.40. The quantitative estimate of drug-likeness (QED) is 0.687. The molecule has 146 valence electrons. The summed E-state index contributed by atoms with van der Waals surface area (Å²) in [5.74, 6) is 2.09. The molecule has 8 heteroatoms. The van der Waals surface area contributed by atoms with Gasteiger partial charge in [-0.25, -0.2) is 0 Å². The van der Waals surface area contributed by atoms with Crippen LogP contribution in [0.2, 0.25) is 0 Å². The molecule has 1 aromatic carbocycles. The number of nitrogens with one attached hydrogen (secondary N) is 1. The fraction of sp³-hybridized carbons (Fsp3) is 0.526. The van der Waals surface area contributed by atoms with Gasteiger partial charge in [0.05, 0.1) is 18.6 Å². The Kier molecular flexibility index (Phi) is 6.95. The fourth-order valence-corrected chi connectivity index (χ4v) is 4.93. The van der Waals surface area contributed by atoms with Gasteiger partial charge in [-0.2, -0.15) is 0 Å². The molecule has 0 unspecified atom stereocenters. The molecule has 27 heavy (non-hydrogen) atoms. The normalized spacial score (nSPS) is 19.5. The molecular weight excluding hydrogens is 380 g/mol. The Hall–Kier alpha value is -1.80. The minimum Gasteiger partial charge on any atom is -0.495 e. The summed E-state index contributed by atoms with van der Waals surface area (Å²) >= 11 is 2.89. The summed E-state index contributed by atoms with van der Waals surface area (Å²) in [6.45, 7) is 2.29. The first kappa shape index (κ1) is 19.9. The molecule has 1 aliphatic carbocycles. The number of amides is 1. The molecule has 1 saturated carbocycles. The topological polar surface area (TPSA) is 67.3 Å². The zero-order chi connectivity index (χ0) is 19.2. The third kappa shape index (κ3) is 5.35. The average Bonchev–Trinajstić information content (AvgIpc) is 3.14. The summed E-state index contributed by atoms with van der Waals surface area (Å²) in [6, 6.07) is 8.05. The molecule has 0 atom stereocenters. The van der Waals surface area contributed by atoms with Gasteiger partial charge in [-0.05, 0) is 43.7 Å². The molecule has 1 aliphatic rings. The van der Waals surface area contributed by atoms with Crippen LogP contribution in [0.3, 0.4) is 0 Å². The van der Waals surface area contributed by atoms with Crippen LogP contribution in [0, 0.1) is 5.92 Å². The molecule has 1 N–H and O–H groups in total. The molecule has 1 heterocycles. The zero-order valence-electron chi connectivity index (χ0n) is 16.0. The van der Waals surface area contributed by atoms with E-state index in [1.54, 1.807) is 7.11 Å². The molecule has 0 radical (unpaired) electrons. The van der Waals surface area contributed by atoms with Crippen LogP contribution in [0.1, 0.15) is 32.6 Å². The highest BCUT2D eigenvalue weighted by Gasteiger charge is 2.24. The monoisotopic (exact) mass is 406 g/mol. The van der Waals surface area contributed by atoms with E-state index < -0.39 is 0 Å². The standard InChI is InChI=1S/C19H26N4O2S2/c1-13-8-10-14(11-9-13)23(2)17(24)12-26-19-22-21-18(27-19)20-15-6-4-5-7-16(15)25-3/h4-7,13-14H,8-12H2,1-3H3,(H,20,21). The summed E-state index contributed by atoms with van der Waals surface area (Å²) < 4.78 is 6.12. The van der Waals surface area contributed by atoms with Crippen molar-refractivity contribution in [3.63, 3.8) is 0 Å². The second-order valence-electron chi connectivity index (χ2n) is 6.91. The lowest BCUT2D eigenvalue weighted by Gasteiger charge is -2.33. The van der Waals surface area contributed by atoms with Crippen LogP contribution in [0.5, 0.6) is 5.75 Å². The smallest absolute Gasteiger partial charge is 0.233 e. The molecule has 2 aromatic rings. The van der Waals surface area contributed by atoms with E-state index in [4.69, 9.17) is 4.74 Å². The SMILES string of the molecule is COc1ccccc1Nc1nnc(SCC(=O)N(C)C2CCC(C)CC2)s1. The first-order chi connectivity index (χ1) is 13.1. The summed E-state index contributed by atoms with van der Waals surface area (Å²) in [7, 11) is 3.56. The highest BCUT2D eigenvalue weighted by atomic mass is 32.2. The summed E-state index contributed by atoms with van der Waals surface area (Å²) in [5.41, 5.74) is 0.843. The van der Waals surface area contributed by atoms with Gasteiger partial charge in [-0.15, -0.1) is 10.2 Å². The van der Waals surface area contributed by atoms with Crippen LogP contribution in [-0.4, -0.2) is 47.0 Å². The van der Waals surface area contributed by atoms with Gasteiger partial charge in [0.1, 0.15) is 5.75 Å². The fourth-order valence-electron chi connectivity index (χ4n) is 3.24. The molecule has 1 fully saturated rings. The Morgan fingerprint density at radius 1 is 1.30 bits per heavy atom. The minimum absolute atomic E-state index is 0.161. The number of ether oxygens (including phenoxy) is 1. The first-order valence-electron chi connectivity index (χ1n) is 9.19. The predicted octanol–water partition coefficient (Wildman–Crippen LogP) is 4.42. The van der Waals surface area contributed by atoms with Gasteiger partial charge in [0.2, 0.25) is 11.0 Å². The van der Waals surface area contributed by atoms with Crippen LogP contribution in [0.15, 0.2) is 28.6 Å². The van der Waals surface area contributed by atoms with E-state index >= 15 is 0 Å². The summed E-state index contributed by atoms with van der Waals surface area (Å²) in [5, 5.41) is 12.2. The number of para-hydroxylation sites is 2. The number of carbonyl (C=O) groups excluding carboxylic acids is 1. The van der Waals surface area contributed by atoms with Crippen molar-refractivity contribution in [1.29, 1.82) is 0 Å². The number of carbonyl (C=O) groups is 1. The molecule has 3 rings (SSSR count). The van der Waals surface area contributed by atoms with E-state index in [2.05, 4.69) is 22.4 Å². The number of nitrogens with zero attached hydrogens (tertiary/aromatic N) is 3. The highest BCUT2D eigenvalue weighted by molar-refractivity contribution is 8.01. The van der Waals surface area contributed by atoms with Gasteiger partial charge < -0.3 is 15.0 Å². The Balaban J connectivity index is 1.51. The van der Waals surface area contributed by atoms with Crippen molar-refractivity contribution in [1.82, 2.24) is 15.1 Å². The van der Waals surface area contributed by atoms with E-state index in [1.807, 2.05) is 36.2 Å². The number of methoxy groups -OCH3 is 1. The largest absolute Gasteiger partial charge is 0.495 e. The predicted molar refractivity (Wildman–Crippen MR) is 111 cm³/mol. The van der Waals surface area contributed by atoms with Gasteiger partial charge in [0, 0.05) is 13.1 Å². The van der Waals surface area contributed by atoms with Gasteiger partial charge in [-0.1, -0.05) is 42.2 Å². The average molecular weight is 407 g/mol. The maximum atomic E-state index is 12.5. The van der Waals surface area contributed by atoms with E-state index in [0.29, 0.717) is 16.9 Å². The number of aromatic nitrogens is 2. The van der Waals surface area contributed by atoms with Crippen molar-refractivity contribution >= 4 is 39.8 Å². The van der Waals surface area contributed by atoms with E-state index in [9.17, 15) is 4.79 Å². The lowest BCUT2D eigenvalue weighted by atomic mass is 9.87. The van der Waals surface area contributed by atoms with E-state index in [-0.39, 0.29) is 5.91 Å². The molecule has 6 nitrogen and oxygen atoms in total. The molecule has 1 aromatic heterocycles. The van der Waals surface area contributed by atoms with Crippen LogP contribution < -0.4 is 10.1 Å². The number of rotatable bonds is 7. The molecule has 0 spiro atoms. The van der Waals surface area contributed by atoms with Crippen molar-refractivity contribution in [3.05, 3.63) is 24.3 Å². The second-order valence-corrected chi connectivity index (χ2v) is 9.11. The zero-order valence-corrected chi connectivity index (χ0v) is 17.6. The molecule has 0 saturated heterocycles. The first-order valence-corrected chi connectivity index (χ1v) is 11.0. The maximum absolute atomic E-state index is 12.5. The van der Waals surface area contributed by atoms with Crippen molar-refractivity contribution < 1.29 is 9.53 Å². The van der Waals surface area contributed by atoms with Gasteiger partial charge in [-0.3, -0.25) is 4.79 Å². The van der Waals surface area contributed by atoms with E-state index in [0.717, 1.165) is 34.5 Å². The summed E-state index contributed by atoms with van der Waals surface area (Å²) in [6.07, 6.45) is 4.65. The van der Waals surface area contributed by atoms with Crippen LogP contribution >= 0.6 is 23.1 Å². The van der Waals surface area contributed by atoms with Crippen molar-refractivity contribution in [2.75, 3.05) is 25.2 Å². The third-order valence-corrected chi connectivity index (χ3v) is 6.96. The number of anilines is 2. The number of benzene rings is 1. The number of hydrogen-bond acceptors (Lipinski definition) is 7. The molecule has 1 amide bonds. The van der Waals surface area contributed by atoms with Gasteiger partial charge in [0.25, 0.3) is 0 Å².